The highest BCUT2D eigenvalue weighted by Crippen LogP contribution is 2.43. The summed E-state index contributed by atoms with van der Waals surface area (Å²) in [5.41, 5.74) is -2.03. The van der Waals surface area contributed by atoms with Crippen molar-refractivity contribution in [3.8, 4) is 0 Å². The molecule has 3 N–H and O–H groups in total. The van der Waals surface area contributed by atoms with E-state index >= 15 is 8.78 Å². The highest BCUT2D eigenvalue weighted by atomic mass is 35.5. The van der Waals surface area contributed by atoms with Crippen LogP contribution in [0.5, 0.6) is 0 Å². The van der Waals surface area contributed by atoms with Crippen LogP contribution in [0.4, 0.5) is 17.6 Å². The molecule has 1 aromatic carbocycles. The average molecular weight is 660 g/mol. The van der Waals surface area contributed by atoms with E-state index in [2.05, 4.69) is 15.3 Å². The maximum atomic E-state index is 15.6. The minimum atomic E-state index is -3.20. The number of carbonyl (C=O) groups is 2. The summed E-state index contributed by atoms with van der Waals surface area (Å²) in [7, 11) is 0. The molecule has 5 rings (SSSR count). The smallest absolute Gasteiger partial charge is 0.338 e. The van der Waals surface area contributed by atoms with Crippen LogP contribution in [-0.2, 0) is 14.3 Å². The molecule has 0 saturated carbocycles. The lowest BCUT2D eigenvalue weighted by atomic mass is 9.94. The van der Waals surface area contributed by atoms with Crippen molar-refractivity contribution in [2.75, 3.05) is 32.8 Å². The van der Waals surface area contributed by atoms with E-state index in [1.807, 2.05) is 0 Å². The van der Waals surface area contributed by atoms with Gasteiger partial charge in [-0.05, 0) is 32.8 Å². The summed E-state index contributed by atoms with van der Waals surface area (Å²) in [6.07, 6.45) is 1.60. The fraction of sp³-hybridized carbons (Fsp3) is 0.500. The Morgan fingerprint density at radius 3 is 2.70 bits per heavy atom. The van der Waals surface area contributed by atoms with Gasteiger partial charge in [-0.15, -0.1) is 11.3 Å². The van der Waals surface area contributed by atoms with Gasteiger partial charge in [0.2, 0.25) is 0 Å². The fourth-order valence-electron chi connectivity index (χ4n) is 5.94. The van der Waals surface area contributed by atoms with Gasteiger partial charge in [0.05, 0.1) is 29.8 Å². The fourth-order valence-corrected chi connectivity index (χ4v) is 6.79. The molecule has 0 spiro atoms. The Morgan fingerprint density at radius 2 is 2.05 bits per heavy atom. The number of aliphatic hydroxyl groups is 1. The molecule has 2 saturated heterocycles. The number of thiazole rings is 1. The van der Waals surface area contributed by atoms with Crippen molar-refractivity contribution in [2.45, 2.75) is 56.3 Å². The largest absolute Gasteiger partial charge is 0.479 e. The van der Waals surface area contributed by atoms with E-state index in [0.717, 1.165) is 13.0 Å². The predicted molar refractivity (Wildman–Crippen MR) is 153 cm³/mol. The van der Waals surface area contributed by atoms with Crippen LogP contribution in [0.3, 0.4) is 0 Å². The Balaban J connectivity index is 1.52. The number of benzene rings is 1. The number of carbonyl (C=O) groups excluding carboxylic acids is 1. The van der Waals surface area contributed by atoms with Gasteiger partial charge < -0.3 is 20.3 Å². The lowest BCUT2D eigenvalue weighted by Gasteiger charge is -2.31. The van der Waals surface area contributed by atoms with Crippen molar-refractivity contribution in [3.63, 3.8) is 0 Å². The number of likely N-dealkylation sites (tertiary alicyclic amines) is 2. The predicted octanol–water partition coefficient (Wildman–Crippen LogP) is 3.60. The van der Waals surface area contributed by atoms with Crippen molar-refractivity contribution >= 4 is 40.7 Å². The molecule has 2 aromatic rings. The van der Waals surface area contributed by atoms with E-state index in [1.165, 1.54) is 33.4 Å². The molecule has 0 bridgehead atoms. The second kappa shape index (κ2) is 12.4. The average Bonchev–Trinajstić information content (AvgIpc) is 3.70. The van der Waals surface area contributed by atoms with Gasteiger partial charge in [-0.2, -0.15) is 0 Å². The minimum absolute atomic E-state index is 0.0242. The second-order valence-electron chi connectivity index (χ2n) is 11.1. The van der Waals surface area contributed by atoms with E-state index in [9.17, 15) is 28.6 Å². The summed E-state index contributed by atoms with van der Waals surface area (Å²) in [6, 6.07) is -1.14. The lowest BCUT2D eigenvalue weighted by molar-refractivity contribution is -0.157. The number of aliphatic carboxylic acids is 1. The summed E-state index contributed by atoms with van der Waals surface area (Å²) >= 11 is 7.43. The number of aromatic nitrogens is 1. The number of rotatable bonds is 10. The molecule has 0 amide bonds. The van der Waals surface area contributed by atoms with Gasteiger partial charge in [-0.3, -0.25) is 14.8 Å². The lowest BCUT2D eigenvalue weighted by Crippen LogP contribution is -2.48. The summed E-state index contributed by atoms with van der Waals surface area (Å²) in [5, 5.41) is 23.9. The molecule has 238 valence electrons. The van der Waals surface area contributed by atoms with E-state index < -0.39 is 64.8 Å². The third-order valence-corrected chi connectivity index (χ3v) is 9.27. The van der Waals surface area contributed by atoms with Gasteiger partial charge in [0.25, 0.3) is 5.92 Å². The molecule has 2 fully saturated rings. The van der Waals surface area contributed by atoms with Crippen LogP contribution in [-0.4, -0.2) is 99.2 Å². The van der Waals surface area contributed by atoms with Gasteiger partial charge in [0.15, 0.2) is 28.1 Å². The van der Waals surface area contributed by atoms with Crippen LogP contribution in [0, 0.1) is 11.6 Å². The number of hydrogen-bond acceptors (Lipinski definition) is 10. The zero-order valence-corrected chi connectivity index (χ0v) is 25.3. The molecule has 0 aliphatic carbocycles. The molecule has 4 atom stereocenters. The Morgan fingerprint density at radius 1 is 1.30 bits per heavy atom. The van der Waals surface area contributed by atoms with Crippen LogP contribution in [0.2, 0.25) is 5.02 Å². The summed E-state index contributed by atoms with van der Waals surface area (Å²) in [5.74, 6) is -7.82. The highest BCUT2D eigenvalue weighted by molar-refractivity contribution is 7.11. The molecule has 3 aliphatic rings. The molecule has 0 unspecified atom stereocenters. The number of fused-ring (bicyclic) bond motifs is 1. The van der Waals surface area contributed by atoms with Crippen LogP contribution in [0.1, 0.15) is 43.3 Å². The van der Waals surface area contributed by atoms with Gasteiger partial charge in [0.1, 0.15) is 6.04 Å². The van der Waals surface area contributed by atoms with E-state index in [4.69, 9.17) is 16.3 Å². The Kier molecular flexibility index (Phi) is 9.06. The van der Waals surface area contributed by atoms with Gasteiger partial charge in [0, 0.05) is 48.5 Å². The molecule has 1 aromatic heterocycles. The summed E-state index contributed by atoms with van der Waals surface area (Å²) < 4.78 is 65.0. The number of halogens is 5. The number of hydrogen-bond donors (Lipinski definition) is 3. The zero-order chi connectivity index (χ0) is 32.0. The first kappa shape index (κ1) is 32.3. The van der Waals surface area contributed by atoms with Gasteiger partial charge >= 0.3 is 11.9 Å². The molecule has 3 aliphatic heterocycles. The van der Waals surface area contributed by atoms with Gasteiger partial charge in [-0.25, -0.2) is 32.1 Å². The number of alkyl halides is 2. The van der Waals surface area contributed by atoms with Crippen LogP contribution < -0.4 is 5.32 Å². The molecule has 0 radical (unpaired) electrons. The Labute approximate surface area is 259 Å². The number of aliphatic imine (C=N–C) groups is 1. The van der Waals surface area contributed by atoms with Crippen molar-refractivity contribution in [1.29, 1.82) is 0 Å². The monoisotopic (exact) mass is 659 g/mol. The number of nitrogens with zero attached hydrogens (tertiary/aromatic N) is 4. The molecular formula is C28H30ClF4N5O5S. The van der Waals surface area contributed by atoms with Gasteiger partial charge in [-0.1, -0.05) is 17.7 Å². The molecular weight excluding hydrogens is 630 g/mol. The maximum Gasteiger partial charge on any atom is 0.338 e. The molecule has 4 heterocycles. The maximum absolute atomic E-state index is 15.6. The van der Waals surface area contributed by atoms with Crippen LogP contribution >= 0.6 is 22.9 Å². The zero-order valence-electron chi connectivity index (χ0n) is 23.7. The number of nitrogens with one attached hydrogen (secondary N) is 1. The van der Waals surface area contributed by atoms with E-state index in [0.29, 0.717) is 11.4 Å². The highest BCUT2D eigenvalue weighted by Gasteiger charge is 2.59. The number of esters is 1. The quantitative estimate of drug-likeness (QED) is 0.199. The van der Waals surface area contributed by atoms with Crippen LogP contribution in [0.25, 0.3) is 0 Å². The van der Waals surface area contributed by atoms with E-state index in [1.54, 1.807) is 12.3 Å². The van der Waals surface area contributed by atoms with Crippen LogP contribution in [0.15, 0.2) is 40.0 Å². The Bertz CT molecular complexity index is 1510. The molecule has 16 heteroatoms. The first-order valence-electron chi connectivity index (χ1n) is 13.8. The van der Waals surface area contributed by atoms with E-state index in [-0.39, 0.29) is 55.3 Å². The topological polar surface area (TPSA) is 128 Å². The SMILES string of the molecule is CCOC(=O)C1=C(CN2CC(F)(F)[C@H]3[C@@H]2CCN3CC[C@](C)(O)C(=O)O)NC(c2nccs2)=N[C@H]1c1ccc(F)c(F)c1Cl. The summed E-state index contributed by atoms with van der Waals surface area (Å²) in [6.45, 7) is 2.00. The van der Waals surface area contributed by atoms with Crippen molar-refractivity contribution in [2.24, 2.45) is 4.99 Å². The first-order valence-corrected chi connectivity index (χ1v) is 15.1. The summed E-state index contributed by atoms with van der Waals surface area (Å²) in [4.78, 5) is 36.6. The molecule has 44 heavy (non-hydrogen) atoms. The second-order valence-corrected chi connectivity index (χ2v) is 12.3. The first-order chi connectivity index (χ1) is 20.7. The number of carboxylic acid groups (broad SMARTS) is 1. The Hall–Kier alpha value is -3.11. The van der Waals surface area contributed by atoms with Crippen molar-refractivity contribution < 1.29 is 42.1 Å². The normalized spacial score (nSPS) is 24.9. The van der Waals surface area contributed by atoms with Crippen molar-refractivity contribution in [1.82, 2.24) is 20.1 Å². The number of amidine groups is 1. The van der Waals surface area contributed by atoms with Crippen molar-refractivity contribution in [3.05, 3.63) is 62.2 Å². The number of carboxylic acids is 1. The minimum Gasteiger partial charge on any atom is -0.479 e. The third-order valence-electron chi connectivity index (χ3n) is 8.11. The number of ether oxygens (including phenoxy) is 1. The third kappa shape index (κ3) is 6.07. The molecule has 10 nitrogen and oxygen atoms in total. The standard InChI is InChI=1S/C28H30ClF4N5O5S/c1-3-43-25(39)18-16(12-38-13-28(32,33)22-17(38)6-9-37(22)10-7-27(2,42)26(40)41)35-23(24-34-8-11-44-24)36-21(18)14-4-5-15(30)20(31)19(14)29/h4-5,8,11,17,21-22,42H,3,6-7,9-10,12-13H2,1-2H3,(H,35,36)(H,40,41)/t17-,21-,22+,27-/m0/s1.